The molecule has 1 fully saturated rings. The van der Waals surface area contributed by atoms with Crippen molar-refractivity contribution in [3.63, 3.8) is 0 Å². The Hall–Kier alpha value is -4.57. The molecule has 0 N–H and O–H groups in total. The van der Waals surface area contributed by atoms with Crippen molar-refractivity contribution in [2.45, 2.75) is 26.7 Å². The van der Waals surface area contributed by atoms with Crippen molar-refractivity contribution < 1.29 is 14.1 Å². The monoisotopic (exact) mass is 566 g/mol. The molecule has 0 radical (unpaired) electrons. The highest BCUT2D eigenvalue weighted by atomic mass is 32.1. The summed E-state index contributed by atoms with van der Waals surface area (Å²) in [6.07, 6.45) is 1.52. The van der Waals surface area contributed by atoms with Gasteiger partial charge in [-0.15, -0.1) is 0 Å². The summed E-state index contributed by atoms with van der Waals surface area (Å²) in [5.41, 5.74) is 3.79. The number of hydrogen-bond acceptors (Lipinski definition) is 9. The minimum Gasteiger partial charge on any atom is -0.457 e. The molecule has 41 heavy (non-hydrogen) atoms. The summed E-state index contributed by atoms with van der Waals surface area (Å²) in [5.74, 6) is 3.47. The molecule has 0 aliphatic carbocycles. The number of aryl methyl sites for hydroxylation is 2. The number of benzene rings is 3. The zero-order chi connectivity index (χ0) is 28.2. The van der Waals surface area contributed by atoms with E-state index in [2.05, 4.69) is 38.5 Å². The van der Waals surface area contributed by atoms with Gasteiger partial charge in [-0.1, -0.05) is 47.1 Å². The quantitative estimate of drug-likeness (QED) is 0.239. The molecule has 0 spiro atoms. The third-order valence-corrected chi connectivity index (χ3v) is 7.79. The number of rotatable bonds is 7. The Morgan fingerprint density at radius 2 is 1.61 bits per heavy atom. The molecule has 5 aromatic rings. The molecule has 10 heteroatoms. The smallest absolute Gasteiger partial charge is 0.253 e. The number of nitrogens with zero attached hydrogens (tertiary/aromatic N) is 6. The van der Waals surface area contributed by atoms with Crippen LogP contribution in [-0.2, 0) is 6.42 Å². The molecule has 0 unspecified atom stereocenters. The molecular formula is C31H30N6O3S. The van der Waals surface area contributed by atoms with E-state index in [1.165, 1.54) is 17.1 Å². The first-order valence-corrected chi connectivity index (χ1v) is 14.4. The van der Waals surface area contributed by atoms with Gasteiger partial charge in [-0.3, -0.25) is 4.79 Å². The van der Waals surface area contributed by atoms with Gasteiger partial charge in [0, 0.05) is 62.2 Å². The van der Waals surface area contributed by atoms with Gasteiger partial charge >= 0.3 is 0 Å². The lowest BCUT2D eigenvalue weighted by Crippen LogP contribution is -2.35. The number of anilines is 1. The van der Waals surface area contributed by atoms with E-state index < -0.39 is 0 Å². The van der Waals surface area contributed by atoms with Crippen LogP contribution in [0.3, 0.4) is 0 Å². The summed E-state index contributed by atoms with van der Waals surface area (Å²) >= 11 is 1.42. The maximum absolute atomic E-state index is 13.2. The van der Waals surface area contributed by atoms with Crippen LogP contribution in [0.2, 0.25) is 0 Å². The molecule has 1 aliphatic heterocycles. The van der Waals surface area contributed by atoms with E-state index in [1.807, 2.05) is 65.6 Å². The molecule has 3 aromatic carbocycles. The fourth-order valence-electron chi connectivity index (χ4n) is 4.72. The third-order valence-electron chi connectivity index (χ3n) is 6.97. The predicted molar refractivity (Wildman–Crippen MR) is 158 cm³/mol. The maximum atomic E-state index is 13.2. The van der Waals surface area contributed by atoms with Crippen LogP contribution < -0.4 is 9.64 Å². The Morgan fingerprint density at radius 1 is 0.878 bits per heavy atom. The van der Waals surface area contributed by atoms with Crippen molar-refractivity contribution in [3.8, 4) is 22.9 Å². The van der Waals surface area contributed by atoms with Crippen molar-refractivity contribution in [3.05, 3.63) is 101 Å². The summed E-state index contributed by atoms with van der Waals surface area (Å²) in [6, 6.07) is 23.4. The minimum absolute atomic E-state index is 0.0236. The SMILES string of the molecule is Cc1ccc(Oc2ccc(Cc3nsc(N4CCCN(C(=O)c5ccc(-c6noc(C)n6)cc5)CC4)n3)cc2)cc1. The molecule has 1 aliphatic rings. The highest BCUT2D eigenvalue weighted by Gasteiger charge is 2.22. The van der Waals surface area contributed by atoms with Crippen molar-refractivity contribution in [1.29, 1.82) is 0 Å². The van der Waals surface area contributed by atoms with Crippen molar-refractivity contribution in [1.82, 2.24) is 24.4 Å². The standard InChI is InChI=1S/C31H30N6O3S/c1-21-4-12-26(13-5-21)39-27-14-6-23(7-15-27)20-28-33-31(41-35-28)37-17-3-16-36(18-19-37)30(38)25-10-8-24(9-11-25)29-32-22(2)40-34-29/h4-15H,3,16-20H2,1-2H3. The highest BCUT2D eigenvalue weighted by Crippen LogP contribution is 2.25. The van der Waals surface area contributed by atoms with Crippen LogP contribution in [0.5, 0.6) is 11.5 Å². The Kier molecular flexibility index (Phi) is 7.73. The molecule has 0 bridgehead atoms. The van der Waals surface area contributed by atoms with E-state index in [1.54, 1.807) is 6.92 Å². The second-order valence-corrected chi connectivity index (χ2v) is 10.8. The van der Waals surface area contributed by atoms with Gasteiger partial charge in [0.2, 0.25) is 16.8 Å². The van der Waals surface area contributed by atoms with Gasteiger partial charge in [-0.05, 0) is 55.3 Å². The second kappa shape index (κ2) is 11.9. The fourth-order valence-corrected chi connectivity index (χ4v) is 5.45. The average molecular weight is 567 g/mol. The molecule has 1 amide bonds. The molecular weight excluding hydrogens is 536 g/mol. The first-order chi connectivity index (χ1) is 20.0. The largest absolute Gasteiger partial charge is 0.457 e. The second-order valence-electron chi connectivity index (χ2n) is 10.1. The fraction of sp³-hybridized carbons (Fsp3) is 0.258. The van der Waals surface area contributed by atoms with Gasteiger partial charge in [0.25, 0.3) is 5.91 Å². The first-order valence-electron chi connectivity index (χ1n) is 13.6. The Morgan fingerprint density at radius 3 is 2.32 bits per heavy atom. The minimum atomic E-state index is 0.0236. The number of carbonyl (C=O) groups excluding carboxylic acids is 1. The lowest BCUT2D eigenvalue weighted by atomic mass is 10.1. The van der Waals surface area contributed by atoms with Gasteiger partial charge in [-0.2, -0.15) is 9.36 Å². The van der Waals surface area contributed by atoms with Crippen LogP contribution in [0.4, 0.5) is 5.13 Å². The molecule has 208 valence electrons. The van der Waals surface area contributed by atoms with Gasteiger partial charge < -0.3 is 19.1 Å². The summed E-state index contributed by atoms with van der Waals surface area (Å²) in [4.78, 5) is 26.4. The van der Waals surface area contributed by atoms with Crippen LogP contribution in [-0.4, -0.2) is 56.5 Å². The molecule has 0 atom stereocenters. The zero-order valence-electron chi connectivity index (χ0n) is 23.0. The van der Waals surface area contributed by atoms with Crippen LogP contribution in [0, 0.1) is 13.8 Å². The van der Waals surface area contributed by atoms with Gasteiger partial charge in [0.05, 0.1) is 0 Å². The maximum Gasteiger partial charge on any atom is 0.253 e. The van der Waals surface area contributed by atoms with Gasteiger partial charge in [-0.25, -0.2) is 4.98 Å². The van der Waals surface area contributed by atoms with Crippen LogP contribution in [0.15, 0.2) is 77.3 Å². The number of ether oxygens (including phenoxy) is 1. The van der Waals surface area contributed by atoms with Gasteiger partial charge in [0.15, 0.2) is 0 Å². The normalized spacial score (nSPS) is 13.7. The zero-order valence-corrected chi connectivity index (χ0v) is 23.8. The predicted octanol–water partition coefficient (Wildman–Crippen LogP) is 5.94. The molecule has 3 heterocycles. The van der Waals surface area contributed by atoms with Gasteiger partial charge in [0.1, 0.15) is 17.3 Å². The van der Waals surface area contributed by atoms with E-state index in [0.29, 0.717) is 43.3 Å². The lowest BCUT2D eigenvalue weighted by Gasteiger charge is -2.21. The molecule has 2 aromatic heterocycles. The van der Waals surface area contributed by atoms with Crippen LogP contribution in [0.25, 0.3) is 11.4 Å². The van der Waals surface area contributed by atoms with E-state index in [0.717, 1.165) is 46.5 Å². The van der Waals surface area contributed by atoms with E-state index >= 15 is 0 Å². The molecule has 0 saturated carbocycles. The highest BCUT2D eigenvalue weighted by molar-refractivity contribution is 7.09. The number of carbonyl (C=O) groups is 1. The lowest BCUT2D eigenvalue weighted by molar-refractivity contribution is 0.0767. The molecule has 1 saturated heterocycles. The number of aromatic nitrogens is 4. The summed E-state index contributed by atoms with van der Waals surface area (Å²) in [6.45, 7) is 6.68. The van der Waals surface area contributed by atoms with Crippen LogP contribution in [0.1, 0.15) is 39.6 Å². The average Bonchev–Trinajstić information content (AvgIpc) is 3.57. The summed E-state index contributed by atoms with van der Waals surface area (Å²) in [5, 5.41) is 4.84. The first kappa shape index (κ1) is 26.6. The van der Waals surface area contributed by atoms with E-state index in [-0.39, 0.29) is 5.91 Å². The van der Waals surface area contributed by atoms with Crippen molar-refractivity contribution in [2.75, 3.05) is 31.1 Å². The van der Waals surface area contributed by atoms with E-state index in [9.17, 15) is 4.79 Å². The Balaban J connectivity index is 1.03. The third kappa shape index (κ3) is 6.44. The van der Waals surface area contributed by atoms with Crippen molar-refractivity contribution in [2.24, 2.45) is 0 Å². The molecule has 6 rings (SSSR count). The topological polar surface area (TPSA) is 97.5 Å². The number of amides is 1. The van der Waals surface area contributed by atoms with E-state index in [4.69, 9.17) is 14.2 Å². The summed E-state index contributed by atoms with van der Waals surface area (Å²) in [7, 11) is 0. The molecule has 9 nitrogen and oxygen atoms in total. The van der Waals surface area contributed by atoms with Crippen LogP contribution >= 0.6 is 11.5 Å². The van der Waals surface area contributed by atoms with Crippen molar-refractivity contribution >= 4 is 22.6 Å². The number of hydrogen-bond donors (Lipinski definition) is 0. The Labute approximate surface area is 242 Å². The Bertz CT molecular complexity index is 1610. The summed E-state index contributed by atoms with van der Waals surface area (Å²) < 4.78 is 15.6.